The molecule has 0 spiro atoms. The molecule has 0 saturated heterocycles. The number of hydrogen-bond acceptors (Lipinski definition) is 6. The van der Waals surface area contributed by atoms with Gasteiger partial charge in [-0.2, -0.15) is 5.10 Å². The molecule has 0 aliphatic heterocycles. The van der Waals surface area contributed by atoms with E-state index in [-0.39, 0.29) is 11.2 Å². The maximum absolute atomic E-state index is 12.4. The molecule has 9 nitrogen and oxygen atoms in total. The van der Waals surface area contributed by atoms with E-state index in [0.29, 0.717) is 42.7 Å². The Balaban J connectivity index is 2.25. The predicted molar refractivity (Wildman–Crippen MR) is 84.5 cm³/mol. The van der Waals surface area contributed by atoms with E-state index in [0.717, 1.165) is 6.21 Å². The molecule has 2 aromatic heterocycles. The monoisotopic (exact) mass is 305 g/mol. The molecule has 0 bridgehead atoms. The summed E-state index contributed by atoms with van der Waals surface area (Å²) in [6, 6.07) is 0. The number of hydrazone groups is 1. The maximum Gasteiger partial charge on any atom is 0.332 e. The largest absolute Gasteiger partial charge is 0.332 e. The van der Waals surface area contributed by atoms with Gasteiger partial charge in [0.2, 0.25) is 0 Å². The van der Waals surface area contributed by atoms with Gasteiger partial charge in [-0.15, -0.1) is 0 Å². The third-order valence-electron chi connectivity index (χ3n) is 3.60. The third-order valence-corrected chi connectivity index (χ3v) is 3.60. The lowest BCUT2D eigenvalue weighted by Crippen LogP contribution is -2.39. The van der Waals surface area contributed by atoms with E-state index < -0.39 is 0 Å². The van der Waals surface area contributed by atoms with Crippen molar-refractivity contribution in [3.8, 4) is 0 Å². The lowest BCUT2D eigenvalue weighted by atomic mass is 10.2. The summed E-state index contributed by atoms with van der Waals surface area (Å²) in [6.07, 6.45) is 4.47. The summed E-state index contributed by atoms with van der Waals surface area (Å²) in [4.78, 5) is 28.8. The Labute approximate surface area is 126 Å². The number of nitrogens with zero attached hydrogens (tertiary/aromatic N) is 5. The fourth-order valence-corrected chi connectivity index (χ4v) is 2.34. The molecular formula is C13H19N7O2. The van der Waals surface area contributed by atoms with E-state index in [1.807, 2.05) is 0 Å². The number of unbranched alkanes of at least 4 members (excludes halogenated alkanes) is 1. The number of nitrogens with one attached hydrogen (secondary N) is 1. The Kier molecular flexibility index (Phi) is 4.54. The molecule has 0 fully saturated rings. The van der Waals surface area contributed by atoms with Crippen LogP contribution in [0, 0.1) is 5.41 Å². The molecule has 9 heteroatoms. The highest BCUT2D eigenvalue weighted by Crippen LogP contribution is 2.04. The zero-order valence-electron chi connectivity index (χ0n) is 12.6. The van der Waals surface area contributed by atoms with Gasteiger partial charge in [-0.1, -0.05) is 0 Å². The van der Waals surface area contributed by atoms with Crippen LogP contribution in [0.2, 0.25) is 0 Å². The summed E-state index contributed by atoms with van der Waals surface area (Å²) in [5.41, 5.74) is 0.567. The first-order valence-electron chi connectivity index (χ1n) is 6.89. The number of imidazole rings is 1. The molecule has 0 amide bonds. The van der Waals surface area contributed by atoms with E-state index in [1.54, 1.807) is 18.7 Å². The number of fused-ring (bicyclic) bond motifs is 1. The minimum Gasteiger partial charge on any atom is -0.328 e. The lowest BCUT2D eigenvalue weighted by Gasteiger charge is -2.08. The van der Waals surface area contributed by atoms with Gasteiger partial charge in [0, 0.05) is 26.9 Å². The van der Waals surface area contributed by atoms with Crippen molar-refractivity contribution in [1.29, 1.82) is 5.41 Å². The highest BCUT2D eigenvalue weighted by molar-refractivity contribution is 6.29. The second-order valence-corrected chi connectivity index (χ2v) is 5.05. The van der Waals surface area contributed by atoms with Crippen molar-refractivity contribution >= 4 is 23.1 Å². The average Bonchev–Trinajstić information content (AvgIpc) is 2.90. The van der Waals surface area contributed by atoms with Crippen molar-refractivity contribution in [2.45, 2.75) is 25.8 Å². The van der Waals surface area contributed by atoms with Crippen LogP contribution in [0.1, 0.15) is 19.3 Å². The van der Waals surface area contributed by atoms with Crippen molar-refractivity contribution in [2.75, 3.05) is 0 Å². The Morgan fingerprint density at radius 1 is 1.41 bits per heavy atom. The Hall–Kier alpha value is -2.71. The van der Waals surface area contributed by atoms with Crippen LogP contribution in [0.4, 0.5) is 0 Å². The number of aromatic nitrogens is 4. The smallest absolute Gasteiger partial charge is 0.328 e. The minimum atomic E-state index is -0.379. The van der Waals surface area contributed by atoms with Gasteiger partial charge in [0.15, 0.2) is 11.2 Å². The summed E-state index contributed by atoms with van der Waals surface area (Å²) in [5, 5.41) is 10.6. The van der Waals surface area contributed by atoms with E-state index in [2.05, 4.69) is 10.1 Å². The molecule has 3 N–H and O–H groups in total. The van der Waals surface area contributed by atoms with E-state index in [4.69, 9.17) is 11.3 Å². The van der Waals surface area contributed by atoms with Gasteiger partial charge >= 0.3 is 5.69 Å². The highest BCUT2D eigenvalue weighted by atomic mass is 16.2. The first-order chi connectivity index (χ1) is 10.5. The van der Waals surface area contributed by atoms with Gasteiger partial charge in [0.05, 0.1) is 12.0 Å². The molecular weight excluding hydrogens is 286 g/mol. The second kappa shape index (κ2) is 6.37. The van der Waals surface area contributed by atoms with E-state index >= 15 is 0 Å². The number of hydrogen-bond donors (Lipinski definition) is 2. The quantitative estimate of drug-likeness (QED) is 0.325. The molecule has 0 unspecified atom stereocenters. The van der Waals surface area contributed by atoms with Crippen LogP contribution in [0.25, 0.3) is 11.2 Å². The molecule has 2 rings (SSSR count). The average molecular weight is 305 g/mol. The first kappa shape index (κ1) is 15.7. The van der Waals surface area contributed by atoms with Gasteiger partial charge in [0.1, 0.15) is 0 Å². The molecule has 0 aliphatic rings. The van der Waals surface area contributed by atoms with Crippen LogP contribution in [-0.4, -0.2) is 30.6 Å². The van der Waals surface area contributed by atoms with Gasteiger partial charge < -0.3 is 15.8 Å². The van der Waals surface area contributed by atoms with Crippen LogP contribution in [0.15, 0.2) is 21.0 Å². The Morgan fingerprint density at radius 3 is 2.77 bits per heavy atom. The van der Waals surface area contributed by atoms with Gasteiger partial charge in [0.25, 0.3) is 5.56 Å². The van der Waals surface area contributed by atoms with E-state index in [1.165, 1.54) is 15.5 Å². The van der Waals surface area contributed by atoms with Crippen molar-refractivity contribution in [1.82, 2.24) is 18.7 Å². The topological polar surface area (TPSA) is 124 Å². The van der Waals surface area contributed by atoms with Crippen molar-refractivity contribution < 1.29 is 0 Å². The molecule has 0 radical (unpaired) electrons. The molecule has 2 aromatic rings. The van der Waals surface area contributed by atoms with Crippen molar-refractivity contribution in [3.63, 3.8) is 0 Å². The van der Waals surface area contributed by atoms with Crippen molar-refractivity contribution in [2.24, 2.45) is 25.0 Å². The lowest BCUT2D eigenvalue weighted by molar-refractivity contribution is 0.559. The van der Waals surface area contributed by atoms with Crippen LogP contribution >= 0.6 is 0 Å². The normalized spacial score (nSPS) is 12.0. The molecule has 22 heavy (non-hydrogen) atoms. The summed E-state index contributed by atoms with van der Waals surface area (Å²) < 4.78 is 4.20. The zero-order chi connectivity index (χ0) is 16.3. The number of rotatable bonds is 6. The first-order valence-corrected chi connectivity index (χ1v) is 6.89. The van der Waals surface area contributed by atoms with Gasteiger partial charge in [-0.25, -0.2) is 9.78 Å². The van der Waals surface area contributed by atoms with Crippen molar-refractivity contribution in [3.05, 3.63) is 27.2 Å². The fraction of sp³-hybridized carbons (Fsp3) is 0.462. The standard InChI is InChI=1S/C13H19N7O2/c1-18-8-16-11-10(18)12(21)20(13(22)19(11)2)6-4-3-5-9(7-14)17-15/h7-8,14H,3-6,15H2,1-2H3/b14-7?,17-9-. The highest BCUT2D eigenvalue weighted by Gasteiger charge is 2.14. The van der Waals surface area contributed by atoms with Crippen LogP contribution < -0.4 is 17.1 Å². The summed E-state index contributed by atoms with van der Waals surface area (Å²) in [5.74, 6) is 5.13. The molecule has 2 heterocycles. The molecule has 118 valence electrons. The summed E-state index contributed by atoms with van der Waals surface area (Å²) in [7, 11) is 3.32. The van der Waals surface area contributed by atoms with Gasteiger partial charge in [-0.3, -0.25) is 13.9 Å². The maximum atomic E-state index is 12.4. The molecule has 0 saturated carbocycles. The summed E-state index contributed by atoms with van der Waals surface area (Å²) in [6.45, 7) is 0.308. The number of nitrogens with two attached hydrogens (primary N) is 1. The Morgan fingerprint density at radius 2 is 2.14 bits per heavy atom. The predicted octanol–water partition coefficient (Wildman–Crippen LogP) is -0.432. The third kappa shape index (κ3) is 2.69. The summed E-state index contributed by atoms with van der Waals surface area (Å²) >= 11 is 0. The van der Waals surface area contributed by atoms with E-state index in [9.17, 15) is 9.59 Å². The fourth-order valence-electron chi connectivity index (χ4n) is 2.34. The Bertz CT molecular complexity index is 840. The van der Waals surface area contributed by atoms with Crippen LogP contribution in [-0.2, 0) is 20.6 Å². The minimum absolute atomic E-state index is 0.308. The number of aryl methyl sites for hydroxylation is 2. The second-order valence-electron chi connectivity index (χ2n) is 5.05. The van der Waals surface area contributed by atoms with Crippen LogP contribution in [0.5, 0.6) is 0 Å². The molecule has 0 atom stereocenters. The van der Waals surface area contributed by atoms with Gasteiger partial charge in [-0.05, 0) is 19.3 Å². The molecule has 0 aliphatic carbocycles. The molecule has 0 aromatic carbocycles. The zero-order valence-corrected chi connectivity index (χ0v) is 12.6. The SMILES string of the molecule is Cn1cnc2c1c(=O)n(CCCC/C(C=N)=N/N)c(=O)n2C. The van der Waals surface area contributed by atoms with Crippen LogP contribution in [0.3, 0.4) is 0 Å².